The molecule has 3 heterocycles. The quantitative estimate of drug-likeness (QED) is 0.719. The van der Waals surface area contributed by atoms with E-state index in [0.29, 0.717) is 17.3 Å². The van der Waals surface area contributed by atoms with Crippen molar-refractivity contribution in [3.05, 3.63) is 54.3 Å². The maximum atomic E-state index is 12.5. The average Bonchev–Trinajstić information content (AvgIpc) is 3.39. The fourth-order valence-electron chi connectivity index (χ4n) is 3.19. The average molecular weight is 366 g/mol. The molecule has 8 heteroatoms. The first kappa shape index (κ1) is 17.4. The molecule has 1 saturated heterocycles. The molecule has 27 heavy (non-hydrogen) atoms. The Hall–Kier alpha value is -3.00. The molecule has 1 aliphatic heterocycles. The number of hydrogen-bond donors (Lipinski definition) is 2. The molecule has 0 radical (unpaired) electrons. The number of amides is 1. The number of nitrogens with zero attached hydrogens (tertiary/aromatic N) is 4. The Morgan fingerprint density at radius 2 is 2.07 bits per heavy atom. The van der Waals surface area contributed by atoms with Gasteiger partial charge in [0.1, 0.15) is 6.04 Å². The Morgan fingerprint density at radius 3 is 2.85 bits per heavy atom. The summed E-state index contributed by atoms with van der Waals surface area (Å²) >= 11 is 0. The normalized spacial score (nSPS) is 16.2. The molecule has 0 spiro atoms. The first-order chi connectivity index (χ1) is 13.2. The number of oxazole rings is 1. The molecule has 1 unspecified atom stereocenters. The third-order valence-electron chi connectivity index (χ3n) is 4.73. The van der Waals surface area contributed by atoms with E-state index < -0.39 is 0 Å². The molecule has 2 N–H and O–H groups in total. The van der Waals surface area contributed by atoms with Crippen molar-refractivity contribution in [2.24, 2.45) is 0 Å². The molecule has 2 aromatic heterocycles. The minimum Gasteiger partial charge on any atom is -0.438 e. The highest BCUT2D eigenvalue weighted by atomic mass is 16.4. The predicted octanol–water partition coefficient (Wildman–Crippen LogP) is 2.35. The molecule has 0 aliphatic carbocycles. The van der Waals surface area contributed by atoms with Gasteiger partial charge in [-0.3, -0.25) is 4.79 Å². The van der Waals surface area contributed by atoms with E-state index in [4.69, 9.17) is 4.42 Å². The molecule has 1 aromatic carbocycles. The van der Waals surface area contributed by atoms with E-state index in [2.05, 4.69) is 25.9 Å². The Kier molecular flexibility index (Phi) is 4.97. The van der Waals surface area contributed by atoms with Gasteiger partial charge in [0, 0.05) is 5.56 Å². The van der Waals surface area contributed by atoms with Gasteiger partial charge in [-0.1, -0.05) is 35.5 Å². The lowest BCUT2D eigenvalue weighted by Crippen LogP contribution is -2.29. The van der Waals surface area contributed by atoms with Crippen molar-refractivity contribution in [1.82, 2.24) is 30.6 Å². The van der Waals surface area contributed by atoms with Crippen LogP contribution in [0, 0.1) is 0 Å². The van der Waals surface area contributed by atoms with E-state index in [1.807, 2.05) is 37.3 Å². The number of aromatic nitrogens is 4. The van der Waals surface area contributed by atoms with Crippen LogP contribution in [0.5, 0.6) is 0 Å². The number of piperidine rings is 1. The molecular formula is C19H22N6O2. The lowest BCUT2D eigenvalue weighted by Gasteiger charge is -2.22. The zero-order valence-corrected chi connectivity index (χ0v) is 15.1. The predicted molar refractivity (Wildman–Crippen MR) is 99.0 cm³/mol. The van der Waals surface area contributed by atoms with Gasteiger partial charge in [0.2, 0.25) is 5.89 Å². The molecular weight excluding hydrogens is 344 g/mol. The molecule has 1 aliphatic rings. The minimum atomic E-state index is -0.376. The van der Waals surface area contributed by atoms with Gasteiger partial charge in [-0.05, 0) is 32.9 Å². The van der Waals surface area contributed by atoms with E-state index >= 15 is 0 Å². The molecule has 1 amide bonds. The largest absolute Gasteiger partial charge is 0.438 e. The molecule has 1 fully saturated rings. The number of rotatable bonds is 5. The molecule has 0 saturated carbocycles. The highest BCUT2D eigenvalue weighted by Crippen LogP contribution is 2.23. The van der Waals surface area contributed by atoms with Gasteiger partial charge in [0.25, 0.3) is 5.91 Å². The fourth-order valence-corrected chi connectivity index (χ4v) is 3.19. The van der Waals surface area contributed by atoms with Crippen LogP contribution >= 0.6 is 0 Å². The third-order valence-corrected chi connectivity index (χ3v) is 4.73. The number of carbonyl (C=O) groups excluding carboxylic acids is 1. The molecule has 140 valence electrons. The van der Waals surface area contributed by atoms with E-state index in [0.717, 1.165) is 31.5 Å². The number of benzene rings is 1. The van der Waals surface area contributed by atoms with Crippen molar-refractivity contribution in [3.8, 4) is 11.3 Å². The summed E-state index contributed by atoms with van der Waals surface area (Å²) in [6, 6.07) is 9.64. The molecule has 1 atom stereocenters. The highest BCUT2D eigenvalue weighted by molar-refractivity contribution is 5.92. The van der Waals surface area contributed by atoms with Gasteiger partial charge < -0.3 is 15.1 Å². The van der Waals surface area contributed by atoms with Crippen LogP contribution in [-0.4, -0.2) is 39.0 Å². The van der Waals surface area contributed by atoms with Crippen LogP contribution in [0.15, 0.2) is 47.1 Å². The van der Waals surface area contributed by atoms with Crippen LogP contribution in [0.4, 0.5) is 0 Å². The summed E-state index contributed by atoms with van der Waals surface area (Å²) in [5.41, 5.74) is 1.25. The summed E-state index contributed by atoms with van der Waals surface area (Å²) in [5, 5.41) is 14.3. The summed E-state index contributed by atoms with van der Waals surface area (Å²) in [6.07, 6.45) is 5.35. The molecule has 3 aromatic rings. The first-order valence-corrected chi connectivity index (χ1v) is 9.15. The van der Waals surface area contributed by atoms with Crippen LogP contribution in [0.2, 0.25) is 0 Å². The van der Waals surface area contributed by atoms with Crippen molar-refractivity contribution in [2.75, 3.05) is 13.1 Å². The third kappa shape index (κ3) is 3.90. The standard InChI is InChI=1S/C19H22N6O2/c1-13(19-21-11-17(27-19)14-5-3-2-4-6-14)22-18(26)16-12-25(24-23-16)15-7-9-20-10-8-15/h2-6,11-13,15,20H,7-10H2,1H3,(H,22,26). The van der Waals surface area contributed by atoms with Crippen molar-refractivity contribution >= 4 is 5.91 Å². The van der Waals surface area contributed by atoms with Crippen LogP contribution in [0.1, 0.15) is 48.2 Å². The number of hydrogen-bond acceptors (Lipinski definition) is 6. The topological polar surface area (TPSA) is 97.9 Å². The number of carbonyl (C=O) groups is 1. The second kappa shape index (κ2) is 7.71. The van der Waals surface area contributed by atoms with E-state index in [1.165, 1.54) is 0 Å². The second-order valence-corrected chi connectivity index (χ2v) is 6.69. The van der Waals surface area contributed by atoms with Crippen molar-refractivity contribution in [1.29, 1.82) is 0 Å². The van der Waals surface area contributed by atoms with Crippen molar-refractivity contribution in [2.45, 2.75) is 31.8 Å². The summed E-state index contributed by atoms with van der Waals surface area (Å²) in [4.78, 5) is 16.8. The lowest BCUT2D eigenvalue weighted by atomic mass is 10.1. The smallest absolute Gasteiger partial charge is 0.274 e. The SMILES string of the molecule is CC(NC(=O)c1cn(C2CCNCC2)nn1)c1ncc(-c2ccccc2)o1. The van der Waals surface area contributed by atoms with Gasteiger partial charge in [-0.25, -0.2) is 9.67 Å². The Labute approximate surface area is 157 Å². The zero-order chi connectivity index (χ0) is 18.6. The lowest BCUT2D eigenvalue weighted by molar-refractivity contribution is 0.0929. The van der Waals surface area contributed by atoms with E-state index in [-0.39, 0.29) is 18.0 Å². The summed E-state index contributed by atoms with van der Waals surface area (Å²) in [5.74, 6) is 0.832. The minimum absolute atomic E-state index is 0.290. The maximum Gasteiger partial charge on any atom is 0.274 e. The van der Waals surface area contributed by atoms with E-state index in [9.17, 15) is 4.79 Å². The molecule has 8 nitrogen and oxygen atoms in total. The first-order valence-electron chi connectivity index (χ1n) is 9.15. The van der Waals surface area contributed by atoms with Crippen LogP contribution in [-0.2, 0) is 0 Å². The Balaban J connectivity index is 1.41. The van der Waals surface area contributed by atoms with Crippen LogP contribution in [0.3, 0.4) is 0 Å². The maximum absolute atomic E-state index is 12.5. The van der Waals surface area contributed by atoms with Gasteiger partial charge in [0.05, 0.1) is 18.4 Å². The van der Waals surface area contributed by atoms with Gasteiger partial charge in [0.15, 0.2) is 11.5 Å². The van der Waals surface area contributed by atoms with Crippen molar-refractivity contribution < 1.29 is 9.21 Å². The number of nitrogens with one attached hydrogen (secondary N) is 2. The fraction of sp³-hybridized carbons (Fsp3) is 0.368. The van der Waals surface area contributed by atoms with Gasteiger partial charge >= 0.3 is 0 Å². The van der Waals surface area contributed by atoms with Crippen molar-refractivity contribution in [3.63, 3.8) is 0 Å². The van der Waals surface area contributed by atoms with Gasteiger partial charge in [-0.15, -0.1) is 5.10 Å². The van der Waals surface area contributed by atoms with Gasteiger partial charge in [-0.2, -0.15) is 0 Å². The molecule has 4 rings (SSSR count). The summed E-state index contributed by atoms with van der Waals surface area (Å²) < 4.78 is 7.59. The Morgan fingerprint density at radius 1 is 1.30 bits per heavy atom. The second-order valence-electron chi connectivity index (χ2n) is 6.69. The van der Waals surface area contributed by atoms with Crippen LogP contribution in [0.25, 0.3) is 11.3 Å². The Bertz CT molecular complexity index is 898. The van der Waals surface area contributed by atoms with Crippen LogP contribution < -0.4 is 10.6 Å². The van der Waals surface area contributed by atoms with E-state index in [1.54, 1.807) is 17.1 Å². The summed E-state index contributed by atoms with van der Waals surface area (Å²) in [7, 11) is 0. The highest BCUT2D eigenvalue weighted by Gasteiger charge is 2.21. The monoisotopic (exact) mass is 366 g/mol. The summed E-state index contributed by atoms with van der Waals surface area (Å²) in [6.45, 7) is 3.74. The zero-order valence-electron chi connectivity index (χ0n) is 15.1. The molecule has 0 bridgehead atoms.